The molecule has 29 heavy (non-hydrogen) atoms. The number of nitrogens with one attached hydrogen (secondary N) is 1. The van der Waals surface area contributed by atoms with Crippen LogP contribution in [0.25, 0.3) is 0 Å². The first kappa shape index (κ1) is 20.9. The van der Waals surface area contributed by atoms with Gasteiger partial charge >= 0.3 is 0 Å². The molecule has 0 aliphatic heterocycles. The molecule has 0 fully saturated rings. The minimum Gasteiger partial charge on any atom is -0.325 e. The third kappa shape index (κ3) is 5.16. The number of carbonyl (C=O) groups is 2. The Hall–Kier alpha value is -2.84. The number of hydrogen-bond donors (Lipinski definition) is 1. The summed E-state index contributed by atoms with van der Waals surface area (Å²) in [6, 6.07) is 17.4. The fourth-order valence-electron chi connectivity index (χ4n) is 2.64. The normalized spacial score (nSPS) is 11.1. The first-order chi connectivity index (χ1) is 13.8. The molecule has 0 radical (unpaired) electrons. The fourth-order valence-corrected chi connectivity index (χ4v) is 4.14. The van der Waals surface area contributed by atoms with Gasteiger partial charge in [0.05, 0.1) is 10.6 Å². The number of sulfone groups is 1. The largest absolute Gasteiger partial charge is 0.325 e. The molecule has 3 rings (SSSR count). The molecule has 0 spiro atoms. The molecular formula is C21H15BrFNO4S. The van der Waals surface area contributed by atoms with Crippen LogP contribution in [0, 0.1) is 5.82 Å². The monoisotopic (exact) mass is 475 g/mol. The van der Waals surface area contributed by atoms with Crippen LogP contribution in [-0.4, -0.2) is 25.9 Å². The van der Waals surface area contributed by atoms with Gasteiger partial charge in [0.2, 0.25) is 5.91 Å². The molecule has 0 saturated carbocycles. The highest BCUT2D eigenvalue weighted by atomic mass is 79.9. The molecule has 148 valence electrons. The van der Waals surface area contributed by atoms with E-state index in [0.717, 1.165) is 24.3 Å². The zero-order valence-corrected chi connectivity index (χ0v) is 17.3. The Labute approximate surface area is 175 Å². The average Bonchev–Trinajstić information content (AvgIpc) is 2.69. The Morgan fingerprint density at radius 3 is 2.24 bits per heavy atom. The van der Waals surface area contributed by atoms with Crippen LogP contribution >= 0.6 is 15.9 Å². The molecule has 0 bridgehead atoms. The summed E-state index contributed by atoms with van der Waals surface area (Å²) < 4.78 is 38.4. The van der Waals surface area contributed by atoms with E-state index in [1.54, 1.807) is 42.5 Å². The minimum absolute atomic E-state index is 0.162. The van der Waals surface area contributed by atoms with E-state index in [1.807, 2.05) is 0 Å². The smallest absolute Gasteiger partial charge is 0.239 e. The third-order valence-electron chi connectivity index (χ3n) is 4.03. The van der Waals surface area contributed by atoms with Gasteiger partial charge in [-0.15, -0.1) is 0 Å². The molecule has 1 amide bonds. The fraction of sp³-hybridized carbons (Fsp3) is 0.0476. The molecule has 3 aromatic carbocycles. The highest BCUT2D eigenvalue weighted by molar-refractivity contribution is 9.10. The second-order valence-electron chi connectivity index (χ2n) is 6.15. The molecule has 0 unspecified atom stereocenters. The summed E-state index contributed by atoms with van der Waals surface area (Å²) in [6.45, 7) is 0. The van der Waals surface area contributed by atoms with Crippen molar-refractivity contribution >= 4 is 43.1 Å². The predicted octanol–water partition coefficient (Wildman–Crippen LogP) is 4.23. The topological polar surface area (TPSA) is 80.3 Å². The Bertz CT molecular complexity index is 1160. The standard InChI is InChI=1S/C21H15BrFNO4S/c22-15-6-11-19(18(12-15)21(26)14-4-2-1-3-5-14)24-20(25)13-29(27,28)17-9-7-16(23)8-10-17/h1-12H,13H2,(H,24,25). The van der Waals surface area contributed by atoms with Crippen molar-refractivity contribution in [3.63, 3.8) is 0 Å². The molecule has 8 heteroatoms. The molecule has 1 N–H and O–H groups in total. The lowest BCUT2D eigenvalue weighted by atomic mass is 10.0. The number of halogens is 2. The Balaban J connectivity index is 1.84. The van der Waals surface area contributed by atoms with Crippen LogP contribution in [0.4, 0.5) is 10.1 Å². The van der Waals surface area contributed by atoms with E-state index in [9.17, 15) is 22.4 Å². The first-order valence-electron chi connectivity index (χ1n) is 8.44. The lowest BCUT2D eigenvalue weighted by Gasteiger charge is -2.12. The van der Waals surface area contributed by atoms with E-state index in [4.69, 9.17) is 0 Å². The van der Waals surface area contributed by atoms with Crippen LogP contribution in [0.1, 0.15) is 15.9 Å². The highest BCUT2D eigenvalue weighted by Gasteiger charge is 2.21. The number of rotatable bonds is 6. The molecule has 0 saturated heterocycles. The van der Waals surface area contributed by atoms with Crippen molar-refractivity contribution in [3.05, 3.63) is 94.2 Å². The van der Waals surface area contributed by atoms with E-state index in [0.29, 0.717) is 10.0 Å². The lowest BCUT2D eigenvalue weighted by molar-refractivity contribution is -0.113. The summed E-state index contributed by atoms with van der Waals surface area (Å²) in [5.41, 5.74) is 0.847. The van der Waals surface area contributed by atoms with E-state index < -0.39 is 27.3 Å². The quantitative estimate of drug-likeness (QED) is 0.427. The number of benzene rings is 3. The van der Waals surface area contributed by atoms with Gasteiger partial charge in [-0.05, 0) is 42.5 Å². The van der Waals surface area contributed by atoms with Crippen LogP contribution < -0.4 is 5.32 Å². The second-order valence-corrected chi connectivity index (χ2v) is 9.05. The lowest BCUT2D eigenvalue weighted by Crippen LogP contribution is -2.24. The SMILES string of the molecule is O=C(CS(=O)(=O)c1ccc(F)cc1)Nc1ccc(Br)cc1C(=O)c1ccccc1. The molecular weight excluding hydrogens is 461 g/mol. The molecule has 5 nitrogen and oxygen atoms in total. The van der Waals surface area contributed by atoms with Gasteiger partial charge in [0.1, 0.15) is 11.6 Å². The summed E-state index contributed by atoms with van der Waals surface area (Å²) >= 11 is 3.30. The van der Waals surface area contributed by atoms with Crippen molar-refractivity contribution in [2.45, 2.75) is 4.90 Å². The number of anilines is 1. The molecule has 0 aliphatic rings. The summed E-state index contributed by atoms with van der Waals surface area (Å²) in [5.74, 6) is -2.54. The van der Waals surface area contributed by atoms with Crippen LogP contribution in [0.3, 0.4) is 0 Å². The van der Waals surface area contributed by atoms with E-state index in [-0.39, 0.29) is 21.9 Å². The van der Waals surface area contributed by atoms with Crippen molar-refractivity contribution in [2.24, 2.45) is 0 Å². The maximum atomic E-state index is 13.0. The molecule has 0 aliphatic carbocycles. The van der Waals surface area contributed by atoms with Crippen LogP contribution in [0.2, 0.25) is 0 Å². The van der Waals surface area contributed by atoms with Crippen LogP contribution in [0.15, 0.2) is 82.2 Å². The number of carbonyl (C=O) groups excluding carboxylic acids is 2. The number of amides is 1. The number of hydrogen-bond acceptors (Lipinski definition) is 4. The maximum absolute atomic E-state index is 13.0. The summed E-state index contributed by atoms with van der Waals surface area (Å²) in [6.07, 6.45) is 0. The van der Waals surface area contributed by atoms with Crippen molar-refractivity contribution in [2.75, 3.05) is 11.1 Å². The van der Waals surface area contributed by atoms with Gasteiger partial charge in [-0.2, -0.15) is 0 Å². The van der Waals surface area contributed by atoms with Gasteiger partial charge in [-0.25, -0.2) is 12.8 Å². The molecule has 3 aromatic rings. The molecule has 0 atom stereocenters. The van der Waals surface area contributed by atoms with E-state index in [1.165, 1.54) is 6.07 Å². The van der Waals surface area contributed by atoms with Gasteiger partial charge in [-0.1, -0.05) is 46.3 Å². The van der Waals surface area contributed by atoms with Crippen molar-refractivity contribution in [1.82, 2.24) is 0 Å². The van der Waals surface area contributed by atoms with Crippen LogP contribution in [-0.2, 0) is 14.6 Å². The second kappa shape index (κ2) is 8.67. The Kier molecular flexibility index (Phi) is 6.24. The summed E-state index contributed by atoms with van der Waals surface area (Å²) in [4.78, 5) is 25.0. The summed E-state index contributed by atoms with van der Waals surface area (Å²) in [5, 5.41) is 2.49. The van der Waals surface area contributed by atoms with Gasteiger partial charge in [-0.3, -0.25) is 9.59 Å². The van der Waals surface area contributed by atoms with Crippen LogP contribution in [0.5, 0.6) is 0 Å². The van der Waals surface area contributed by atoms with Gasteiger partial charge < -0.3 is 5.32 Å². The zero-order chi connectivity index (χ0) is 21.0. The molecule has 0 aromatic heterocycles. The van der Waals surface area contributed by atoms with Crippen molar-refractivity contribution in [3.8, 4) is 0 Å². The highest BCUT2D eigenvalue weighted by Crippen LogP contribution is 2.24. The maximum Gasteiger partial charge on any atom is 0.239 e. The minimum atomic E-state index is -3.96. The van der Waals surface area contributed by atoms with Gasteiger partial charge in [0, 0.05) is 15.6 Å². The van der Waals surface area contributed by atoms with E-state index in [2.05, 4.69) is 21.2 Å². The average molecular weight is 476 g/mol. The van der Waals surface area contributed by atoms with Crippen molar-refractivity contribution in [1.29, 1.82) is 0 Å². The zero-order valence-electron chi connectivity index (χ0n) is 14.9. The Morgan fingerprint density at radius 2 is 1.59 bits per heavy atom. The Morgan fingerprint density at radius 1 is 0.931 bits per heavy atom. The predicted molar refractivity (Wildman–Crippen MR) is 111 cm³/mol. The third-order valence-corrected chi connectivity index (χ3v) is 6.16. The van der Waals surface area contributed by atoms with Crippen molar-refractivity contribution < 1.29 is 22.4 Å². The van der Waals surface area contributed by atoms with Gasteiger partial charge in [0.25, 0.3) is 0 Å². The number of ketones is 1. The molecule has 0 heterocycles. The van der Waals surface area contributed by atoms with Gasteiger partial charge in [0.15, 0.2) is 15.6 Å². The first-order valence-corrected chi connectivity index (χ1v) is 10.9. The summed E-state index contributed by atoms with van der Waals surface area (Å²) in [7, 11) is -3.96. The van der Waals surface area contributed by atoms with E-state index >= 15 is 0 Å².